The molecule has 1 aromatic rings. The van der Waals surface area contributed by atoms with Crippen molar-refractivity contribution in [1.82, 2.24) is 4.90 Å². The zero-order valence-electron chi connectivity index (χ0n) is 11.4. The van der Waals surface area contributed by atoms with Crippen LogP contribution in [0.1, 0.15) is 46.8 Å². The van der Waals surface area contributed by atoms with Crippen LogP contribution in [0, 0.1) is 0 Å². The van der Waals surface area contributed by atoms with Crippen LogP contribution in [0.25, 0.3) is 0 Å². The molecule has 1 fully saturated rings. The van der Waals surface area contributed by atoms with Crippen molar-refractivity contribution in [3.63, 3.8) is 0 Å². The molecule has 0 N–H and O–H groups in total. The lowest BCUT2D eigenvalue weighted by Crippen LogP contribution is -2.40. The fourth-order valence-electron chi connectivity index (χ4n) is 2.24. The standard InChI is InChI=1S/C14H21NO2S/c1-4-12-11(10(2)3)9-13(18-12)14(16)15-5-7-17-8-6-15/h9-10H,4-8H2,1-3H3. The highest BCUT2D eigenvalue weighted by atomic mass is 32.1. The van der Waals surface area contributed by atoms with Crippen LogP contribution in [0.5, 0.6) is 0 Å². The van der Waals surface area contributed by atoms with Gasteiger partial charge in [-0.15, -0.1) is 11.3 Å². The fraction of sp³-hybridized carbons (Fsp3) is 0.643. The molecule has 100 valence electrons. The Kier molecular flexibility index (Phi) is 4.40. The molecule has 1 aromatic heterocycles. The summed E-state index contributed by atoms with van der Waals surface area (Å²) in [5, 5.41) is 0. The second-order valence-corrected chi connectivity index (χ2v) is 6.04. The highest BCUT2D eigenvalue weighted by molar-refractivity contribution is 7.14. The SMILES string of the molecule is CCc1sc(C(=O)N2CCOCC2)cc1C(C)C. The Morgan fingerprint density at radius 2 is 2.11 bits per heavy atom. The first-order valence-corrected chi connectivity index (χ1v) is 7.44. The summed E-state index contributed by atoms with van der Waals surface area (Å²) < 4.78 is 5.28. The number of thiophene rings is 1. The van der Waals surface area contributed by atoms with Gasteiger partial charge in [0.2, 0.25) is 0 Å². The molecule has 0 radical (unpaired) electrons. The number of amides is 1. The molecule has 0 bridgehead atoms. The van der Waals surface area contributed by atoms with Crippen LogP contribution in [-0.4, -0.2) is 37.1 Å². The summed E-state index contributed by atoms with van der Waals surface area (Å²) in [4.78, 5) is 16.5. The van der Waals surface area contributed by atoms with Gasteiger partial charge in [-0.2, -0.15) is 0 Å². The Balaban J connectivity index is 2.19. The number of hydrogen-bond donors (Lipinski definition) is 0. The quantitative estimate of drug-likeness (QED) is 0.842. The summed E-state index contributed by atoms with van der Waals surface area (Å²) in [7, 11) is 0. The summed E-state index contributed by atoms with van der Waals surface area (Å²) in [5.74, 6) is 0.660. The van der Waals surface area contributed by atoms with Gasteiger partial charge >= 0.3 is 0 Å². The largest absolute Gasteiger partial charge is 0.378 e. The molecule has 0 saturated carbocycles. The second-order valence-electron chi connectivity index (χ2n) is 4.90. The molecule has 0 spiro atoms. The lowest BCUT2D eigenvalue weighted by molar-refractivity contribution is 0.0306. The molecule has 2 heterocycles. The number of aryl methyl sites for hydroxylation is 1. The van der Waals surface area contributed by atoms with E-state index in [4.69, 9.17) is 4.74 Å². The average molecular weight is 267 g/mol. The van der Waals surface area contributed by atoms with E-state index in [-0.39, 0.29) is 5.91 Å². The van der Waals surface area contributed by atoms with Crippen molar-refractivity contribution in [2.45, 2.75) is 33.1 Å². The van der Waals surface area contributed by atoms with E-state index in [9.17, 15) is 4.79 Å². The van der Waals surface area contributed by atoms with E-state index in [1.54, 1.807) is 11.3 Å². The first kappa shape index (κ1) is 13.6. The molecule has 1 amide bonds. The molecular weight excluding hydrogens is 246 g/mol. The Bertz CT molecular complexity index is 419. The lowest BCUT2D eigenvalue weighted by atomic mass is 10.0. The summed E-state index contributed by atoms with van der Waals surface area (Å²) in [6.07, 6.45) is 1.01. The van der Waals surface area contributed by atoms with Crippen molar-refractivity contribution in [1.29, 1.82) is 0 Å². The number of hydrogen-bond acceptors (Lipinski definition) is 3. The van der Waals surface area contributed by atoms with Gasteiger partial charge in [-0.1, -0.05) is 20.8 Å². The Morgan fingerprint density at radius 3 is 2.61 bits per heavy atom. The normalized spacial score (nSPS) is 16.3. The van der Waals surface area contributed by atoms with E-state index in [1.165, 1.54) is 10.4 Å². The second kappa shape index (κ2) is 5.85. The third-order valence-electron chi connectivity index (χ3n) is 3.29. The molecule has 18 heavy (non-hydrogen) atoms. The number of ether oxygens (including phenoxy) is 1. The van der Waals surface area contributed by atoms with Gasteiger partial charge in [0.05, 0.1) is 18.1 Å². The summed E-state index contributed by atoms with van der Waals surface area (Å²) in [6, 6.07) is 2.09. The molecule has 4 heteroatoms. The van der Waals surface area contributed by atoms with Gasteiger partial charge in [-0.25, -0.2) is 0 Å². The van der Waals surface area contributed by atoms with E-state index >= 15 is 0 Å². The summed E-state index contributed by atoms with van der Waals surface area (Å²) in [5.41, 5.74) is 1.33. The Morgan fingerprint density at radius 1 is 1.44 bits per heavy atom. The minimum Gasteiger partial charge on any atom is -0.378 e. The predicted octanol–water partition coefficient (Wildman–Crippen LogP) is 2.91. The van der Waals surface area contributed by atoms with Crippen LogP contribution >= 0.6 is 11.3 Å². The molecule has 0 unspecified atom stereocenters. The maximum atomic E-state index is 12.4. The Hall–Kier alpha value is -0.870. The fourth-order valence-corrected chi connectivity index (χ4v) is 3.46. The van der Waals surface area contributed by atoms with Crippen molar-refractivity contribution in [2.75, 3.05) is 26.3 Å². The highest BCUT2D eigenvalue weighted by Gasteiger charge is 2.22. The monoisotopic (exact) mass is 267 g/mol. The van der Waals surface area contributed by atoms with Crippen molar-refractivity contribution in [3.05, 3.63) is 21.4 Å². The van der Waals surface area contributed by atoms with Crippen molar-refractivity contribution >= 4 is 17.2 Å². The molecule has 1 aliphatic heterocycles. The summed E-state index contributed by atoms with van der Waals surface area (Å²) in [6.45, 7) is 9.28. The third kappa shape index (κ3) is 2.75. The topological polar surface area (TPSA) is 29.5 Å². The molecule has 1 aliphatic rings. The van der Waals surface area contributed by atoms with Gasteiger partial charge < -0.3 is 9.64 Å². The zero-order valence-corrected chi connectivity index (χ0v) is 12.2. The van der Waals surface area contributed by atoms with E-state index in [0.717, 1.165) is 24.4 Å². The van der Waals surface area contributed by atoms with Gasteiger partial charge in [-0.3, -0.25) is 4.79 Å². The lowest BCUT2D eigenvalue weighted by Gasteiger charge is -2.26. The van der Waals surface area contributed by atoms with Crippen molar-refractivity contribution < 1.29 is 9.53 Å². The van der Waals surface area contributed by atoms with Crippen LogP contribution < -0.4 is 0 Å². The minimum absolute atomic E-state index is 0.171. The van der Waals surface area contributed by atoms with E-state index in [0.29, 0.717) is 19.1 Å². The first-order valence-electron chi connectivity index (χ1n) is 6.63. The maximum absolute atomic E-state index is 12.4. The van der Waals surface area contributed by atoms with Crippen LogP contribution in [0.3, 0.4) is 0 Å². The van der Waals surface area contributed by atoms with E-state index in [1.807, 2.05) is 4.90 Å². The number of rotatable bonds is 3. The molecule has 1 saturated heterocycles. The van der Waals surface area contributed by atoms with Crippen molar-refractivity contribution in [3.8, 4) is 0 Å². The smallest absolute Gasteiger partial charge is 0.264 e. The highest BCUT2D eigenvalue weighted by Crippen LogP contribution is 2.30. The summed E-state index contributed by atoms with van der Waals surface area (Å²) >= 11 is 1.66. The number of morpholine rings is 1. The van der Waals surface area contributed by atoms with Crippen LogP contribution in [0.15, 0.2) is 6.07 Å². The number of nitrogens with zero attached hydrogens (tertiary/aromatic N) is 1. The van der Waals surface area contributed by atoms with Gasteiger partial charge in [-0.05, 0) is 24.0 Å². The molecule has 0 aromatic carbocycles. The number of carbonyl (C=O) groups is 1. The van der Waals surface area contributed by atoms with Crippen LogP contribution in [0.2, 0.25) is 0 Å². The Labute approximate surface area is 113 Å². The molecule has 2 rings (SSSR count). The van der Waals surface area contributed by atoms with Gasteiger partial charge in [0.1, 0.15) is 0 Å². The minimum atomic E-state index is 0.171. The number of carbonyl (C=O) groups excluding carboxylic acids is 1. The van der Waals surface area contributed by atoms with Gasteiger partial charge in [0.25, 0.3) is 5.91 Å². The van der Waals surface area contributed by atoms with E-state index in [2.05, 4.69) is 26.8 Å². The molecule has 0 atom stereocenters. The van der Waals surface area contributed by atoms with Gasteiger partial charge in [0.15, 0.2) is 0 Å². The van der Waals surface area contributed by atoms with Crippen LogP contribution in [-0.2, 0) is 11.2 Å². The first-order chi connectivity index (χ1) is 8.63. The van der Waals surface area contributed by atoms with Crippen LogP contribution in [0.4, 0.5) is 0 Å². The molecule has 3 nitrogen and oxygen atoms in total. The predicted molar refractivity (Wildman–Crippen MR) is 74.5 cm³/mol. The van der Waals surface area contributed by atoms with Gasteiger partial charge in [0, 0.05) is 18.0 Å². The molecule has 0 aliphatic carbocycles. The van der Waals surface area contributed by atoms with Crippen molar-refractivity contribution in [2.24, 2.45) is 0 Å². The average Bonchev–Trinajstić information content (AvgIpc) is 2.83. The third-order valence-corrected chi connectivity index (χ3v) is 4.58. The van der Waals surface area contributed by atoms with E-state index < -0.39 is 0 Å². The maximum Gasteiger partial charge on any atom is 0.264 e. The molecular formula is C14H21NO2S. The zero-order chi connectivity index (χ0) is 13.1.